The molecule has 2 N–H and O–H groups in total. The highest BCUT2D eigenvalue weighted by Crippen LogP contribution is 2.62. The molecule has 0 aliphatic heterocycles. The SMILES string of the molecule is CCCC(CO)C1CC(C2CCCC2)C1C1CC1CO. The highest BCUT2D eigenvalue weighted by atomic mass is 16.3. The van der Waals surface area contributed by atoms with Crippen LogP contribution in [0.25, 0.3) is 0 Å². The first-order chi connectivity index (χ1) is 9.80. The monoisotopic (exact) mass is 280 g/mol. The van der Waals surface area contributed by atoms with Gasteiger partial charge in [0.2, 0.25) is 0 Å². The summed E-state index contributed by atoms with van der Waals surface area (Å²) >= 11 is 0. The molecule has 3 rings (SSSR count). The molecule has 2 nitrogen and oxygen atoms in total. The van der Waals surface area contributed by atoms with Crippen LogP contribution in [0.3, 0.4) is 0 Å². The van der Waals surface area contributed by atoms with Gasteiger partial charge < -0.3 is 10.2 Å². The maximum absolute atomic E-state index is 9.74. The second-order valence-corrected chi connectivity index (χ2v) is 7.76. The van der Waals surface area contributed by atoms with Crippen LogP contribution in [-0.4, -0.2) is 23.4 Å². The van der Waals surface area contributed by atoms with Gasteiger partial charge in [0.1, 0.15) is 0 Å². The van der Waals surface area contributed by atoms with Crippen molar-refractivity contribution in [3.05, 3.63) is 0 Å². The van der Waals surface area contributed by atoms with Crippen molar-refractivity contribution in [2.45, 2.75) is 58.3 Å². The highest BCUT2D eigenvalue weighted by Gasteiger charge is 2.56. The molecule has 2 heteroatoms. The largest absolute Gasteiger partial charge is 0.396 e. The standard InChI is InChI=1S/C18H32O2/c1-2-5-13(10-19)17-9-16(12-6-3-4-7-12)18(17)15-8-14(15)11-20/h12-20H,2-11H2,1H3. The van der Waals surface area contributed by atoms with E-state index in [0.717, 1.165) is 29.6 Å². The van der Waals surface area contributed by atoms with Gasteiger partial charge in [-0.15, -0.1) is 0 Å². The third-order valence-corrected chi connectivity index (χ3v) is 6.74. The molecule has 0 aromatic carbocycles. The molecule has 3 aliphatic rings. The first kappa shape index (κ1) is 14.8. The summed E-state index contributed by atoms with van der Waals surface area (Å²) in [5, 5.41) is 19.2. The molecule has 3 aliphatic carbocycles. The Morgan fingerprint density at radius 1 is 1.05 bits per heavy atom. The summed E-state index contributed by atoms with van der Waals surface area (Å²) in [6.07, 6.45) is 10.8. The van der Waals surface area contributed by atoms with Gasteiger partial charge in [-0.25, -0.2) is 0 Å². The van der Waals surface area contributed by atoms with E-state index in [2.05, 4.69) is 6.92 Å². The molecule has 20 heavy (non-hydrogen) atoms. The van der Waals surface area contributed by atoms with E-state index in [1.165, 1.54) is 51.4 Å². The molecule has 3 saturated carbocycles. The van der Waals surface area contributed by atoms with Crippen LogP contribution in [0.2, 0.25) is 0 Å². The molecule has 0 amide bonds. The molecule has 3 fully saturated rings. The molecule has 6 atom stereocenters. The zero-order valence-corrected chi connectivity index (χ0v) is 13.0. The van der Waals surface area contributed by atoms with E-state index in [9.17, 15) is 10.2 Å². The molecule has 0 radical (unpaired) electrons. The molecule has 0 bridgehead atoms. The molecule has 0 spiro atoms. The van der Waals surface area contributed by atoms with E-state index in [4.69, 9.17) is 0 Å². The fraction of sp³-hybridized carbons (Fsp3) is 1.00. The van der Waals surface area contributed by atoms with Crippen LogP contribution in [-0.2, 0) is 0 Å². The summed E-state index contributed by atoms with van der Waals surface area (Å²) in [5.74, 6) is 5.39. The van der Waals surface area contributed by atoms with Crippen LogP contribution >= 0.6 is 0 Å². The number of hydrogen-bond acceptors (Lipinski definition) is 2. The van der Waals surface area contributed by atoms with E-state index in [0.29, 0.717) is 25.0 Å². The second kappa shape index (κ2) is 6.36. The van der Waals surface area contributed by atoms with E-state index < -0.39 is 0 Å². The summed E-state index contributed by atoms with van der Waals surface area (Å²) < 4.78 is 0. The molecule has 116 valence electrons. The normalized spacial score (nSPS) is 42.5. The van der Waals surface area contributed by atoms with Gasteiger partial charge in [-0.1, -0.05) is 39.0 Å². The van der Waals surface area contributed by atoms with E-state index in [1.54, 1.807) is 0 Å². The lowest BCUT2D eigenvalue weighted by Crippen LogP contribution is -2.46. The third kappa shape index (κ3) is 2.66. The van der Waals surface area contributed by atoms with Crippen molar-refractivity contribution in [2.24, 2.45) is 41.4 Å². The van der Waals surface area contributed by atoms with E-state index in [-0.39, 0.29) is 0 Å². The van der Waals surface area contributed by atoms with Gasteiger partial charge in [-0.05, 0) is 60.7 Å². The maximum Gasteiger partial charge on any atom is 0.0462 e. The van der Waals surface area contributed by atoms with Crippen LogP contribution in [0.15, 0.2) is 0 Å². The van der Waals surface area contributed by atoms with E-state index in [1.807, 2.05) is 0 Å². The lowest BCUT2D eigenvalue weighted by Gasteiger charge is -2.52. The Labute approximate surface area is 124 Å². The fourth-order valence-corrected chi connectivity index (χ4v) is 5.55. The fourth-order valence-electron chi connectivity index (χ4n) is 5.55. The number of aliphatic hydroxyl groups excluding tert-OH is 2. The Morgan fingerprint density at radius 3 is 2.35 bits per heavy atom. The summed E-state index contributed by atoms with van der Waals surface area (Å²) in [7, 11) is 0. The molecular weight excluding hydrogens is 248 g/mol. The predicted molar refractivity (Wildman–Crippen MR) is 81.2 cm³/mol. The maximum atomic E-state index is 9.74. The quantitative estimate of drug-likeness (QED) is 0.749. The smallest absolute Gasteiger partial charge is 0.0462 e. The lowest BCUT2D eigenvalue weighted by molar-refractivity contribution is -0.0489. The first-order valence-corrected chi connectivity index (χ1v) is 9.01. The molecular formula is C18H32O2. The van der Waals surface area contributed by atoms with Gasteiger partial charge >= 0.3 is 0 Å². The summed E-state index contributed by atoms with van der Waals surface area (Å²) in [6, 6.07) is 0. The van der Waals surface area contributed by atoms with Crippen molar-refractivity contribution < 1.29 is 10.2 Å². The summed E-state index contributed by atoms with van der Waals surface area (Å²) in [5.41, 5.74) is 0. The highest BCUT2D eigenvalue weighted by molar-refractivity contribution is 5.05. The minimum absolute atomic E-state index is 0.378. The number of hydrogen-bond donors (Lipinski definition) is 2. The molecule has 0 aromatic heterocycles. The van der Waals surface area contributed by atoms with E-state index >= 15 is 0 Å². The van der Waals surface area contributed by atoms with Crippen molar-refractivity contribution in [3.8, 4) is 0 Å². The average Bonchev–Trinajstić information content (AvgIpc) is 2.98. The van der Waals surface area contributed by atoms with Gasteiger partial charge in [-0.2, -0.15) is 0 Å². The zero-order valence-electron chi connectivity index (χ0n) is 13.0. The van der Waals surface area contributed by atoms with Gasteiger partial charge in [0, 0.05) is 13.2 Å². The second-order valence-electron chi connectivity index (χ2n) is 7.76. The van der Waals surface area contributed by atoms with Crippen LogP contribution in [0.4, 0.5) is 0 Å². The van der Waals surface area contributed by atoms with Crippen LogP contribution < -0.4 is 0 Å². The number of aliphatic hydroxyl groups is 2. The minimum atomic E-state index is 0.378. The predicted octanol–water partition coefficient (Wildman–Crippen LogP) is 3.47. The molecule has 0 saturated heterocycles. The molecule has 0 heterocycles. The van der Waals surface area contributed by atoms with Gasteiger partial charge in [-0.3, -0.25) is 0 Å². The van der Waals surface area contributed by atoms with Crippen molar-refractivity contribution in [3.63, 3.8) is 0 Å². The third-order valence-electron chi connectivity index (χ3n) is 6.74. The van der Waals surface area contributed by atoms with Crippen LogP contribution in [0.1, 0.15) is 58.3 Å². The minimum Gasteiger partial charge on any atom is -0.396 e. The number of rotatable bonds is 7. The first-order valence-electron chi connectivity index (χ1n) is 9.01. The zero-order chi connectivity index (χ0) is 14.1. The Kier molecular flexibility index (Phi) is 4.72. The average molecular weight is 280 g/mol. The van der Waals surface area contributed by atoms with Gasteiger partial charge in [0.25, 0.3) is 0 Å². The topological polar surface area (TPSA) is 40.5 Å². The van der Waals surface area contributed by atoms with Crippen molar-refractivity contribution in [1.82, 2.24) is 0 Å². The lowest BCUT2D eigenvalue weighted by atomic mass is 9.53. The molecule has 0 aromatic rings. The van der Waals surface area contributed by atoms with Crippen molar-refractivity contribution in [2.75, 3.05) is 13.2 Å². The molecule has 6 unspecified atom stereocenters. The van der Waals surface area contributed by atoms with Crippen molar-refractivity contribution in [1.29, 1.82) is 0 Å². The van der Waals surface area contributed by atoms with Gasteiger partial charge in [0.05, 0.1) is 0 Å². The Bertz CT molecular complexity index is 311. The van der Waals surface area contributed by atoms with Gasteiger partial charge in [0.15, 0.2) is 0 Å². The van der Waals surface area contributed by atoms with Crippen LogP contribution in [0.5, 0.6) is 0 Å². The van der Waals surface area contributed by atoms with Crippen molar-refractivity contribution >= 4 is 0 Å². The summed E-state index contributed by atoms with van der Waals surface area (Å²) in [4.78, 5) is 0. The Morgan fingerprint density at radius 2 is 1.80 bits per heavy atom. The Hall–Kier alpha value is -0.0800. The summed E-state index contributed by atoms with van der Waals surface area (Å²) in [6.45, 7) is 3.00. The Balaban J connectivity index is 1.65. The van der Waals surface area contributed by atoms with Crippen LogP contribution in [0, 0.1) is 41.4 Å².